The Morgan fingerprint density at radius 1 is 1.59 bits per heavy atom. The SMILES string of the molecule is CC(N)c1nc(C(=O)Cc2ccc(Br)s2)cs1. The van der Waals surface area contributed by atoms with Crippen molar-refractivity contribution in [1.82, 2.24) is 4.98 Å². The first kappa shape index (κ1) is 12.9. The summed E-state index contributed by atoms with van der Waals surface area (Å²) in [6.45, 7) is 1.86. The molecule has 0 saturated carbocycles. The van der Waals surface area contributed by atoms with Crippen LogP contribution in [0.3, 0.4) is 0 Å². The Labute approximate surface area is 116 Å². The van der Waals surface area contributed by atoms with E-state index in [1.54, 1.807) is 16.7 Å². The average Bonchev–Trinajstić information content (AvgIpc) is 2.86. The molecule has 0 aromatic carbocycles. The van der Waals surface area contributed by atoms with E-state index in [-0.39, 0.29) is 11.8 Å². The van der Waals surface area contributed by atoms with E-state index in [0.29, 0.717) is 12.1 Å². The van der Waals surface area contributed by atoms with E-state index >= 15 is 0 Å². The van der Waals surface area contributed by atoms with Crippen LogP contribution in [0.25, 0.3) is 0 Å². The Bertz CT molecular complexity index is 533. The Morgan fingerprint density at radius 2 is 2.35 bits per heavy atom. The van der Waals surface area contributed by atoms with Crippen molar-refractivity contribution in [2.24, 2.45) is 5.73 Å². The molecule has 2 aromatic rings. The Balaban J connectivity index is 2.09. The third kappa shape index (κ3) is 3.22. The van der Waals surface area contributed by atoms with Gasteiger partial charge in [0.25, 0.3) is 0 Å². The van der Waals surface area contributed by atoms with E-state index in [0.717, 1.165) is 13.7 Å². The van der Waals surface area contributed by atoms with Crippen molar-refractivity contribution in [1.29, 1.82) is 0 Å². The van der Waals surface area contributed by atoms with E-state index in [1.165, 1.54) is 11.3 Å². The minimum Gasteiger partial charge on any atom is -0.322 e. The molecule has 2 heterocycles. The van der Waals surface area contributed by atoms with Crippen LogP contribution in [0.1, 0.15) is 33.3 Å². The van der Waals surface area contributed by atoms with E-state index in [9.17, 15) is 4.79 Å². The van der Waals surface area contributed by atoms with Crippen LogP contribution in [-0.4, -0.2) is 10.8 Å². The normalized spacial score (nSPS) is 12.6. The summed E-state index contributed by atoms with van der Waals surface area (Å²) < 4.78 is 1.04. The highest BCUT2D eigenvalue weighted by Gasteiger charge is 2.14. The van der Waals surface area contributed by atoms with Crippen LogP contribution in [0.4, 0.5) is 0 Å². The highest BCUT2D eigenvalue weighted by Crippen LogP contribution is 2.24. The van der Waals surface area contributed by atoms with Gasteiger partial charge in [0.1, 0.15) is 10.7 Å². The minimum absolute atomic E-state index is 0.0440. The first-order chi connectivity index (χ1) is 8.06. The molecule has 3 nitrogen and oxygen atoms in total. The molecule has 0 aliphatic heterocycles. The van der Waals surface area contributed by atoms with Crippen molar-refractivity contribution in [3.8, 4) is 0 Å². The Hall–Kier alpha value is -0.560. The van der Waals surface area contributed by atoms with Gasteiger partial charge in [-0.2, -0.15) is 0 Å². The van der Waals surface area contributed by atoms with Gasteiger partial charge < -0.3 is 5.73 Å². The minimum atomic E-state index is -0.113. The van der Waals surface area contributed by atoms with Gasteiger partial charge in [-0.1, -0.05) is 0 Å². The zero-order valence-corrected chi connectivity index (χ0v) is 12.4. The summed E-state index contributed by atoms with van der Waals surface area (Å²) in [6, 6.07) is 3.78. The molecule has 0 saturated heterocycles. The summed E-state index contributed by atoms with van der Waals surface area (Å²) in [5.41, 5.74) is 6.24. The standard InChI is InChI=1S/C11H11BrN2OS2/c1-6(13)11-14-8(5-16-11)9(15)4-7-2-3-10(12)17-7/h2-3,5-6H,4,13H2,1H3. The van der Waals surface area contributed by atoms with Crippen LogP contribution < -0.4 is 5.73 Å². The number of Topliss-reactive ketones (excluding diaryl/α,β-unsaturated/α-hetero) is 1. The predicted molar refractivity (Wildman–Crippen MR) is 74.8 cm³/mol. The number of hydrogen-bond donors (Lipinski definition) is 1. The second-order valence-corrected chi connectivity index (χ2v) is 7.10. The number of rotatable bonds is 4. The number of thiophene rings is 1. The molecular weight excluding hydrogens is 320 g/mol. The third-order valence-electron chi connectivity index (χ3n) is 2.16. The molecule has 90 valence electrons. The lowest BCUT2D eigenvalue weighted by atomic mass is 10.2. The van der Waals surface area contributed by atoms with Gasteiger partial charge in [0.05, 0.1) is 9.83 Å². The molecule has 0 amide bonds. The zero-order chi connectivity index (χ0) is 12.4. The fourth-order valence-corrected chi connectivity index (χ4v) is 3.58. The molecule has 0 aliphatic carbocycles. The van der Waals surface area contributed by atoms with E-state index in [2.05, 4.69) is 20.9 Å². The summed E-state index contributed by atoms with van der Waals surface area (Å²) in [5.74, 6) is 0.0440. The first-order valence-electron chi connectivity index (χ1n) is 5.04. The quantitative estimate of drug-likeness (QED) is 0.874. The lowest BCUT2D eigenvalue weighted by molar-refractivity contribution is 0.0989. The van der Waals surface area contributed by atoms with Gasteiger partial charge in [0, 0.05) is 16.7 Å². The maximum absolute atomic E-state index is 12.0. The van der Waals surface area contributed by atoms with Crippen LogP contribution in [0.5, 0.6) is 0 Å². The number of aromatic nitrogens is 1. The smallest absolute Gasteiger partial charge is 0.187 e. The van der Waals surface area contributed by atoms with Gasteiger partial charge in [0.2, 0.25) is 0 Å². The Morgan fingerprint density at radius 3 is 2.88 bits per heavy atom. The van der Waals surface area contributed by atoms with Gasteiger partial charge in [0.15, 0.2) is 5.78 Å². The van der Waals surface area contributed by atoms with Gasteiger partial charge >= 0.3 is 0 Å². The fourth-order valence-electron chi connectivity index (χ4n) is 1.32. The highest BCUT2D eigenvalue weighted by molar-refractivity contribution is 9.11. The van der Waals surface area contributed by atoms with Crippen LogP contribution >= 0.6 is 38.6 Å². The average molecular weight is 331 g/mol. The number of thiazole rings is 1. The molecule has 0 fully saturated rings. The van der Waals surface area contributed by atoms with Crippen LogP contribution in [0, 0.1) is 0 Å². The molecule has 0 aliphatic rings. The maximum Gasteiger partial charge on any atom is 0.187 e. The number of carbonyl (C=O) groups is 1. The summed E-state index contributed by atoms with van der Waals surface area (Å²) in [4.78, 5) is 17.2. The molecule has 6 heteroatoms. The molecule has 2 aromatic heterocycles. The molecule has 1 unspecified atom stereocenters. The summed E-state index contributed by atoms with van der Waals surface area (Å²) in [5, 5.41) is 2.59. The summed E-state index contributed by atoms with van der Waals surface area (Å²) in [6.07, 6.45) is 0.401. The van der Waals surface area contributed by atoms with E-state index < -0.39 is 0 Å². The molecule has 17 heavy (non-hydrogen) atoms. The van der Waals surface area contributed by atoms with Crippen LogP contribution in [-0.2, 0) is 6.42 Å². The number of nitrogens with two attached hydrogens (primary N) is 1. The second-order valence-electron chi connectivity index (χ2n) is 3.67. The van der Waals surface area contributed by atoms with Crippen molar-refractivity contribution in [3.63, 3.8) is 0 Å². The molecule has 1 atom stereocenters. The third-order valence-corrected chi connectivity index (χ3v) is 4.83. The van der Waals surface area contributed by atoms with E-state index in [4.69, 9.17) is 5.73 Å². The largest absolute Gasteiger partial charge is 0.322 e. The fraction of sp³-hybridized carbons (Fsp3) is 0.273. The molecule has 2 N–H and O–H groups in total. The van der Waals surface area contributed by atoms with Crippen molar-refractivity contribution in [3.05, 3.63) is 36.9 Å². The monoisotopic (exact) mass is 330 g/mol. The predicted octanol–water partition coefficient (Wildman–Crippen LogP) is 3.41. The lowest BCUT2D eigenvalue weighted by Gasteiger charge is -1.97. The number of ketones is 1. The number of nitrogens with zero attached hydrogens (tertiary/aromatic N) is 1. The topological polar surface area (TPSA) is 56.0 Å². The zero-order valence-electron chi connectivity index (χ0n) is 9.14. The molecule has 2 rings (SSSR count). The second kappa shape index (κ2) is 5.39. The summed E-state index contributed by atoms with van der Waals surface area (Å²) in [7, 11) is 0. The number of hydrogen-bond acceptors (Lipinski definition) is 5. The molecule has 0 bridgehead atoms. The number of carbonyl (C=O) groups excluding carboxylic acids is 1. The van der Waals surface area contributed by atoms with Gasteiger partial charge in [-0.15, -0.1) is 22.7 Å². The maximum atomic E-state index is 12.0. The van der Waals surface area contributed by atoms with Gasteiger partial charge in [-0.3, -0.25) is 4.79 Å². The van der Waals surface area contributed by atoms with Crippen LogP contribution in [0.2, 0.25) is 0 Å². The van der Waals surface area contributed by atoms with Crippen molar-refractivity contribution in [2.75, 3.05) is 0 Å². The lowest BCUT2D eigenvalue weighted by Crippen LogP contribution is -2.07. The van der Waals surface area contributed by atoms with Crippen molar-refractivity contribution in [2.45, 2.75) is 19.4 Å². The van der Waals surface area contributed by atoms with E-state index in [1.807, 2.05) is 19.1 Å². The Kier molecular flexibility index (Phi) is 4.09. The van der Waals surface area contributed by atoms with Gasteiger partial charge in [-0.25, -0.2) is 4.98 Å². The van der Waals surface area contributed by atoms with Crippen molar-refractivity contribution >= 4 is 44.4 Å². The summed E-state index contributed by atoms with van der Waals surface area (Å²) >= 11 is 6.39. The number of halogens is 1. The highest BCUT2D eigenvalue weighted by atomic mass is 79.9. The molecule has 0 spiro atoms. The first-order valence-corrected chi connectivity index (χ1v) is 7.53. The van der Waals surface area contributed by atoms with Gasteiger partial charge in [-0.05, 0) is 35.0 Å². The van der Waals surface area contributed by atoms with Crippen LogP contribution in [0.15, 0.2) is 21.3 Å². The molecular formula is C11H11BrN2OS2. The molecule has 0 radical (unpaired) electrons. The van der Waals surface area contributed by atoms with Crippen molar-refractivity contribution < 1.29 is 4.79 Å².